The van der Waals surface area contributed by atoms with Gasteiger partial charge < -0.3 is 15.4 Å². The molecular formula is C15H22N2O2. The van der Waals surface area contributed by atoms with Gasteiger partial charge in [0.2, 0.25) is 0 Å². The lowest BCUT2D eigenvalue weighted by Crippen LogP contribution is -2.37. The summed E-state index contributed by atoms with van der Waals surface area (Å²) in [5.41, 5.74) is 6.92. The van der Waals surface area contributed by atoms with Crippen molar-refractivity contribution in [1.82, 2.24) is 4.90 Å². The average molecular weight is 262 g/mol. The molecule has 2 rings (SSSR count). The molecule has 0 aliphatic heterocycles. The largest absolute Gasteiger partial charge is 0.496 e. The molecule has 1 aliphatic rings. The topological polar surface area (TPSA) is 55.6 Å². The van der Waals surface area contributed by atoms with Gasteiger partial charge in [0, 0.05) is 24.8 Å². The second-order valence-corrected chi connectivity index (χ2v) is 5.10. The highest BCUT2D eigenvalue weighted by molar-refractivity contribution is 5.97. The van der Waals surface area contributed by atoms with Gasteiger partial charge in [0.05, 0.1) is 12.7 Å². The lowest BCUT2D eigenvalue weighted by molar-refractivity contribution is 0.0703. The fourth-order valence-corrected chi connectivity index (χ4v) is 2.40. The van der Waals surface area contributed by atoms with Gasteiger partial charge in [0.25, 0.3) is 5.91 Å². The molecule has 0 aromatic heterocycles. The van der Waals surface area contributed by atoms with Gasteiger partial charge in [-0.2, -0.15) is 0 Å². The highest BCUT2D eigenvalue weighted by Crippen LogP contribution is 2.29. The second-order valence-electron chi connectivity index (χ2n) is 5.10. The number of methoxy groups -OCH3 is 1. The molecular weight excluding hydrogens is 240 g/mol. The first-order valence-electron chi connectivity index (χ1n) is 6.88. The molecule has 0 unspecified atom stereocenters. The predicted molar refractivity (Wildman–Crippen MR) is 76.3 cm³/mol. The van der Waals surface area contributed by atoms with Crippen LogP contribution in [0, 0.1) is 5.92 Å². The van der Waals surface area contributed by atoms with Crippen LogP contribution < -0.4 is 10.5 Å². The molecule has 2 N–H and O–H groups in total. The summed E-state index contributed by atoms with van der Waals surface area (Å²) in [5.74, 6) is 1.26. The standard InChI is InChI=1S/C15H22N2O2/c1-3-17(10-11-5-4-6-11)15(18)13-8-7-12(16)9-14(13)19-2/h7-9,11H,3-6,10,16H2,1-2H3. The van der Waals surface area contributed by atoms with Gasteiger partial charge in [-0.1, -0.05) is 6.42 Å². The summed E-state index contributed by atoms with van der Waals surface area (Å²) < 4.78 is 5.26. The van der Waals surface area contributed by atoms with Crippen molar-refractivity contribution in [2.24, 2.45) is 5.92 Å². The molecule has 0 atom stereocenters. The smallest absolute Gasteiger partial charge is 0.257 e. The molecule has 1 aliphatic carbocycles. The summed E-state index contributed by atoms with van der Waals surface area (Å²) in [7, 11) is 1.56. The molecule has 1 aromatic carbocycles. The van der Waals surface area contributed by atoms with E-state index in [0.29, 0.717) is 22.9 Å². The van der Waals surface area contributed by atoms with E-state index in [4.69, 9.17) is 10.5 Å². The number of nitrogen functional groups attached to an aromatic ring is 1. The fraction of sp³-hybridized carbons (Fsp3) is 0.533. The number of nitrogens with zero attached hydrogens (tertiary/aromatic N) is 1. The number of anilines is 1. The van der Waals surface area contributed by atoms with Crippen LogP contribution in [-0.4, -0.2) is 31.0 Å². The molecule has 104 valence electrons. The molecule has 4 nitrogen and oxygen atoms in total. The van der Waals surface area contributed by atoms with Crippen LogP contribution in [0.3, 0.4) is 0 Å². The number of amides is 1. The van der Waals surface area contributed by atoms with E-state index >= 15 is 0 Å². The Morgan fingerprint density at radius 3 is 2.74 bits per heavy atom. The van der Waals surface area contributed by atoms with E-state index in [-0.39, 0.29) is 5.91 Å². The lowest BCUT2D eigenvalue weighted by Gasteiger charge is -2.32. The van der Waals surface area contributed by atoms with E-state index in [2.05, 4.69) is 0 Å². The van der Waals surface area contributed by atoms with Crippen molar-refractivity contribution in [2.45, 2.75) is 26.2 Å². The van der Waals surface area contributed by atoms with E-state index in [0.717, 1.165) is 13.1 Å². The van der Waals surface area contributed by atoms with Crippen LogP contribution in [0.4, 0.5) is 5.69 Å². The highest BCUT2D eigenvalue weighted by atomic mass is 16.5. The summed E-state index contributed by atoms with van der Waals surface area (Å²) in [6.45, 7) is 3.59. The van der Waals surface area contributed by atoms with Crippen molar-refractivity contribution in [3.63, 3.8) is 0 Å². The molecule has 1 amide bonds. The zero-order valence-electron chi connectivity index (χ0n) is 11.7. The first kappa shape index (κ1) is 13.7. The quantitative estimate of drug-likeness (QED) is 0.830. The summed E-state index contributed by atoms with van der Waals surface area (Å²) >= 11 is 0. The van der Waals surface area contributed by atoms with E-state index < -0.39 is 0 Å². The van der Waals surface area contributed by atoms with Crippen LogP contribution >= 0.6 is 0 Å². The summed E-state index contributed by atoms with van der Waals surface area (Å²) in [4.78, 5) is 14.4. The Balaban J connectivity index is 2.16. The molecule has 0 radical (unpaired) electrons. The van der Waals surface area contributed by atoms with Crippen LogP contribution in [0.1, 0.15) is 36.5 Å². The molecule has 1 saturated carbocycles. The number of hydrogen-bond donors (Lipinski definition) is 1. The normalized spacial score (nSPS) is 14.8. The Bertz CT molecular complexity index is 455. The molecule has 0 bridgehead atoms. The van der Waals surface area contributed by atoms with E-state index in [1.165, 1.54) is 19.3 Å². The summed E-state index contributed by atoms with van der Waals surface area (Å²) in [6, 6.07) is 5.19. The Morgan fingerprint density at radius 2 is 2.21 bits per heavy atom. The fourth-order valence-electron chi connectivity index (χ4n) is 2.40. The molecule has 0 heterocycles. The third-order valence-electron chi connectivity index (χ3n) is 3.83. The SMILES string of the molecule is CCN(CC1CCC1)C(=O)c1ccc(N)cc1OC. The molecule has 19 heavy (non-hydrogen) atoms. The average Bonchev–Trinajstić information content (AvgIpc) is 2.37. The van der Waals surface area contributed by atoms with Gasteiger partial charge in [-0.15, -0.1) is 0 Å². The van der Waals surface area contributed by atoms with Crippen molar-refractivity contribution in [1.29, 1.82) is 0 Å². The monoisotopic (exact) mass is 262 g/mol. The minimum atomic E-state index is 0.0336. The number of nitrogens with two attached hydrogens (primary N) is 1. The van der Waals surface area contributed by atoms with Crippen LogP contribution in [0.15, 0.2) is 18.2 Å². The molecule has 4 heteroatoms. The van der Waals surface area contributed by atoms with E-state index in [1.807, 2.05) is 11.8 Å². The van der Waals surface area contributed by atoms with E-state index in [9.17, 15) is 4.79 Å². The van der Waals surface area contributed by atoms with Gasteiger partial charge in [0.1, 0.15) is 5.75 Å². The molecule has 1 fully saturated rings. The number of benzene rings is 1. The third-order valence-corrected chi connectivity index (χ3v) is 3.83. The van der Waals surface area contributed by atoms with Crippen molar-refractivity contribution < 1.29 is 9.53 Å². The van der Waals surface area contributed by atoms with Crippen molar-refractivity contribution in [3.8, 4) is 5.75 Å². The first-order chi connectivity index (χ1) is 9.15. The van der Waals surface area contributed by atoms with Crippen molar-refractivity contribution >= 4 is 11.6 Å². The van der Waals surface area contributed by atoms with Gasteiger partial charge in [-0.3, -0.25) is 4.79 Å². The zero-order valence-corrected chi connectivity index (χ0v) is 11.7. The Labute approximate surface area is 114 Å². The van der Waals surface area contributed by atoms with E-state index in [1.54, 1.807) is 25.3 Å². The predicted octanol–water partition coefficient (Wildman–Crippen LogP) is 2.54. The van der Waals surface area contributed by atoms with Gasteiger partial charge >= 0.3 is 0 Å². The third kappa shape index (κ3) is 3.00. The Morgan fingerprint density at radius 1 is 1.47 bits per heavy atom. The maximum Gasteiger partial charge on any atom is 0.257 e. The summed E-state index contributed by atoms with van der Waals surface area (Å²) in [5, 5.41) is 0. The molecule has 0 saturated heterocycles. The van der Waals surface area contributed by atoms with Gasteiger partial charge in [0.15, 0.2) is 0 Å². The Kier molecular flexibility index (Phi) is 4.30. The lowest BCUT2D eigenvalue weighted by atomic mass is 9.85. The van der Waals surface area contributed by atoms with Gasteiger partial charge in [-0.05, 0) is 37.8 Å². The van der Waals surface area contributed by atoms with Crippen LogP contribution in [0.25, 0.3) is 0 Å². The highest BCUT2D eigenvalue weighted by Gasteiger charge is 2.24. The number of carbonyl (C=O) groups excluding carboxylic acids is 1. The number of hydrogen-bond acceptors (Lipinski definition) is 3. The van der Waals surface area contributed by atoms with Crippen LogP contribution in [0.2, 0.25) is 0 Å². The number of rotatable bonds is 5. The van der Waals surface area contributed by atoms with Crippen molar-refractivity contribution in [3.05, 3.63) is 23.8 Å². The summed E-state index contributed by atoms with van der Waals surface area (Å²) in [6.07, 6.45) is 3.77. The maximum atomic E-state index is 12.5. The number of ether oxygens (including phenoxy) is 1. The van der Waals surface area contributed by atoms with Gasteiger partial charge in [-0.25, -0.2) is 0 Å². The second kappa shape index (κ2) is 5.95. The van der Waals surface area contributed by atoms with Crippen molar-refractivity contribution in [2.75, 3.05) is 25.9 Å². The molecule has 0 spiro atoms. The van der Waals surface area contributed by atoms with Crippen LogP contribution in [0.5, 0.6) is 5.75 Å². The minimum Gasteiger partial charge on any atom is -0.496 e. The Hall–Kier alpha value is -1.71. The first-order valence-corrected chi connectivity index (χ1v) is 6.88. The zero-order chi connectivity index (χ0) is 13.8. The minimum absolute atomic E-state index is 0.0336. The maximum absolute atomic E-state index is 12.5. The number of carbonyl (C=O) groups is 1. The molecule has 1 aromatic rings. The van der Waals surface area contributed by atoms with Crippen LogP contribution in [-0.2, 0) is 0 Å².